The maximum Gasteiger partial charge on any atom is 0.0588 e. The van der Waals surface area contributed by atoms with E-state index < -0.39 is 0 Å². The van der Waals surface area contributed by atoms with Crippen molar-refractivity contribution in [2.45, 2.75) is 40.0 Å². The van der Waals surface area contributed by atoms with E-state index in [-0.39, 0.29) is 0 Å². The monoisotopic (exact) mass is 161 g/mol. The maximum atomic E-state index is 5.22. The molecule has 0 saturated carbocycles. The zero-order chi connectivity index (χ0) is 8.95. The number of hydrogen-bond donors (Lipinski definition) is 1. The molecule has 0 atom stereocenters. The highest BCUT2D eigenvalue weighted by Crippen LogP contribution is 1.92. The Hall–Kier alpha value is -0.0800. The first-order valence-electron chi connectivity index (χ1n) is 4.69. The van der Waals surface area contributed by atoms with Crippen molar-refractivity contribution in [2.75, 3.05) is 19.8 Å². The Morgan fingerprint density at radius 2 is 1.73 bits per heavy atom. The van der Waals surface area contributed by atoms with Crippen molar-refractivity contribution >= 4 is 0 Å². The first-order valence-corrected chi connectivity index (χ1v) is 4.69. The van der Waals surface area contributed by atoms with Crippen LogP contribution in [-0.2, 0) is 4.74 Å². The molecule has 2 nitrogen and oxygen atoms in total. The third-order valence-corrected chi connectivity index (χ3v) is 1.15. The van der Waals surface area contributed by atoms with E-state index in [4.69, 9.17) is 10.5 Å². The molecular formula is C9H23NO. The summed E-state index contributed by atoms with van der Waals surface area (Å²) < 4.78 is 5.16. The largest absolute Gasteiger partial charge is 0.380 e. The van der Waals surface area contributed by atoms with E-state index in [2.05, 4.69) is 6.92 Å². The van der Waals surface area contributed by atoms with Crippen molar-refractivity contribution in [3.05, 3.63) is 0 Å². The predicted octanol–water partition coefficient (Wildman–Crippen LogP) is 2.18. The molecule has 0 heterocycles. The van der Waals surface area contributed by atoms with Crippen LogP contribution in [0.2, 0.25) is 0 Å². The van der Waals surface area contributed by atoms with Crippen molar-refractivity contribution < 1.29 is 4.74 Å². The van der Waals surface area contributed by atoms with Gasteiger partial charge in [-0.25, -0.2) is 0 Å². The Labute approximate surface area is 71.1 Å². The minimum absolute atomic E-state index is 0.645. The molecule has 70 valence electrons. The van der Waals surface area contributed by atoms with Gasteiger partial charge in [0.15, 0.2) is 0 Å². The lowest BCUT2D eigenvalue weighted by Crippen LogP contribution is -2.08. The van der Waals surface area contributed by atoms with Crippen LogP contribution in [0.15, 0.2) is 0 Å². The molecule has 0 aliphatic rings. The molecule has 0 aromatic rings. The van der Waals surface area contributed by atoms with Crippen molar-refractivity contribution in [3.8, 4) is 0 Å². The van der Waals surface area contributed by atoms with Gasteiger partial charge < -0.3 is 10.5 Å². The second kappa shape index (κ2) is 16.5. The Balaban J connectivity index is 0. The van der Waals surface area contributed by atoms with Crippen LogP contribution in [0.1, 0.15) is 40.0 Å². The topological polar surface area (TPSA) is 35.2 Å². The molecule has 0 rings (SSSR count). The molecule has 0 fully saturated rings. The zero-order valence-corrected chi connectivity index (χ0v) is 8.23. The van der Waals surface area contributed by atoms with Crippen LogP contribution in [0.3, 0.4) is 0 Å². The van der Waals surface area contributed by atoms with Gasteiger partial charge in [0.25, 0.3) is 0 Å². The number of unbranched alkanes of at least 4 members (excludes halogenated alkanes) is 2. The van der Waals surface area contributed by atoms with Crippen LogP contribution in [0.5, 0.6) is 0 Å². The minimum Gasteiger partial charge on any atom is -0.380 e. The minimum atomic E-state index is 0.645. The van der Waals surface area contributed by atoms with Gasteiger partial charge in [-0.15, -0.1) is 0 Å². The maximum absolute atomic E-state index is 5.22. The average Bonchev–Trinajstić information content (AvgIpc) is 2.08. The summed E-state index contributed by atoms with van der Waals surface area (Å²) in [5, 5.41) is 0. The smallest absolute Gasteiger partial charge is 0.0588 e. The van der Waals surface area contributed by atoms with Gasteiger partial charge in [-0.2, -0.15) is 0 Å². The molecule has 0 unspecified atom stereocenters. The van der Waals surface area contributed by atoms with Gasteiger partial charge in [0.1, 0.15) is 0 Å². The summed E-state index contributed by atoms with van der Waals surface area (Å²) >= 11 is 0. The molecule has 0 aliphatic carbocycles. The first kappa shape index (κ1) is 13.5. The Kier molecular flexibility index (Phi) is 20.2. The van der Waals surface area contributed by atoms with E-state index in [1.165, 1.54) is 19.3 Å². The van der Waals surface area contributed by atoms with Crippen LogP contribution in [-0.4, -0.2) is 19.8 Å². The fourth-order valence-corrected chi connectivity index (χ4v) is 0.640. The Morgan fingerprint density at radius 3 is 2.18 bits per heavy atom. The molecule has 2 N–H and O–H groups in total. The van der Waals surface area contributed by atoms with Gasteiger partial charge in [-0.3, -0.25) is 0 Å². The van der Waals surface area contributed by atoms with E-state index in [1.807, 2.05) is 13.8 Å². The second-order valence-electron chi connectivity index (χ2n) is 2.11. The summed E-state index contributed by atoms with van der Waals surface area (Å²) in [4.78, 5) is 0. The summed E-state index contributed by atoms with van der Waals surface area (Å²) in [5.41, 5.74) is 5.22. The first-order chi connectivity index (χ1) is 5.41. The van der Waals surface area contributed by atoms with Gasteiger partial charge in [0.2, 0.25) is 0 Å². The van der Waals surface area contributed by atoms with E-state index >= 15 is 0 Å². The number of ether oxygens (including phenoxy) is 1. The molecule has 0 spiro atoms. The summed E-state index contributed by atoms with van der Waals surface area (Å²) in [6.07, 6.45) is 3.70. The molecule has 0 amide bonds. The van der Waals surface area contributed by atoms with Crippen molar-refractivity contribution in [3.63, 3.8) is 0 Å². The molecule has 11 heavy (non-hydrogen) atoms. The van der Waals surface area contributed by atoms with Crippen molar-refractivity contribution in [1.82, 2.24) is 0 Å². The SMILES string of the molecule is CC.CCCCCOCCN. The molecule has 0 radical (unpaired) electrons. The Morgan fingerprint density at radius 1 is 1.09 bits per heavy atom. The summed E-state index contributed by atoms with van der Waals surface area (Å²) in [5.74, 6) is 0. The van der Waals surface area contributed by atoms with Crippen LogP contribution in [0, 0.1) is 0 Å². The summed E-state index contributed by atoms with van der Waals surface area (Å²) in [6.45, 7) is 8.42. The summed E-state index contributed by atoms with van der Waals surface area (Å²) in [6, 6.07) is 0. The average molecular weight is 161 g/mol. The van der Waals surface area contributed by atoms with Crippen molar-refractivity contribution in [1.29, 1.82) is 0 Å². The molecule has 0 bridgehead atoms. The molecule has 0 saturated heterocycles. The van der Waals surface area contributed by atoms with Crippen LogP contribution in [0.4, 0.5) is 0 Å². The lowest BCUT2D eigenvalue weighted by molar-refractivity contribution is 0.137. The highest BCUT2D eigenvalue weighted by atomic mass is 16.5. The van der Waals surface area contributed by atoms with E-state index in [0.29, 0.717) is 13.2 Å². The Bertz CT molecular complexity index is 42.8. The number of hydrogen-bond acceptors (Lipinski definition) is 2. The zero-order valence-electron chi connectivity index (χ0n) is 8.23. The van der Waals surface area contributed by atoms with E-state index in [9.17, 15) is 0 Å². The third-order valence-electron chi connectivity index (χ3n) is 1.15. The predicted molar refractivity (Wildman–Crippen MR) is 50.7 cm³/mol. The van der Waals surface area contributed by atoms with Gasteiger partial charge >= 0.3 is 0 Å². The third kappa shape index (κ3) is 17.8. The quantitative estimate of drug-likeness (QED) is 0.606. The highest BCUT2D eigenvalue weighted by molar-refractivity contribution is 4.36. The molecule has 0 aliphatic heterocycles. The van der Waals surface area contributed by atoms with E-state index in [0.717, 1.165) is 6.61 Å². The fraction of sp³-hybridized carbons (Fsp3) is 1.00. The fourth-order valence-electron chi connectivity index (χ4n) is 0.640. The second-order valence-corrected chi connectivity index (χ2v) is 2.11. The summed E-state index contributed by atoms with van der Waals surface area (Å²) in [7, 11) is 0. The van der Waals surface area contributed by atoms with Crippen LogP contribution in [0.25, 0.3) is 0 Å². The van der Waals surface area contributed by atoms with E-state index in [1.54, 1.807) is 0 Å². The van der Waals surface area contributed by atoms with Gasteiger partial charge in [-0.05, 0) is 6.42 Å². The standard InChI is InChI=1S/C7H17NO.C2H6/c1-2-3-4-6-9-7-5-8;1-2/h2-8H2,1H3;1-2H3. The van der Waals surface area contributed by atoms with Crippen LogP contribution < -0.4 is 5.73 Å². The van der Waals surface area contributed by atoms with Gasteiger partial charge in [-0.1, -0.05) is 33.6 Å². The number of rotatable bonds is 6. The van der Waals surface area contributed by atoms with Gasteiger partial charge in [0, 0.05) is 13.2 Å². The molecule has 0 aromatic carbocycles. The number of nitrogens with two attached hydrogens (primary N) is 1. The molecule has 2 heteroatoms. The van der Waals surface area contributed by atoms with Gasteiger partial charge in [0.05, 0.1) is 6.61 Å². The lowest BCUT2D eigenvalue weighted by Gasteiger charge is -1.99. The van der Waals surface area contributed by atoms with Crippen molar-refractivity contribution in [2.24, 2.45) is 5.73 Å². The van der Waals surface area contributed by atoms with Crippen LogP contribution >= 0.6 is 0 Å². The molecular weight excluding hydrogens is 138 g/mol. The molecule has 0 aromatic heterocycles. The highest BCUT2D eigenvalue weighted by Gasteiger charge is 1.84. The normalized spacial score (nSPS) is 8.73. The lowest BCUT2D eigenvalue weighted by atomic mass is 10.3.